The molecule has 0 N–H and O–H groups in total. The van der Waals surface area contributed by atoms with Crippen LogP contribution < -0.4 is 0 Å². The molecule has 6 nitrogen and oxygen atoms in total. The van der Waals surface area contributed by atoms with Crippen molar-refractivity contribution in [1.29, 1.82) is 0 Å². The fourth-order valence-corrected chi connectivity index (χ4v) is 2.46. The lowest BCUT2D eigenvalue weighted by atomic mass is 10.5. The van der Waals surface area contributed by atoms with Gasteiger partial charge in [0.25, 0.3) is 0 Å². The molecule has 92 valence electrons. The third kappa shape index (κ3) is 1.97. The Morgan fingerprint density at radius 2 is 2.22 bits per heavy atom. The van der Waals surface area contributed by atoms with Crippen LogP contribution in [0.2, 0.25) is 0 Å². The second-order valence-electron chi connectivity index (χ2n) is 3.85. The second-order valence-corrected chi connectivity index (χ2v) is 5.16. The fraction of sp³-hybridized carbons (Fsp3) is 0.273. The number of thioether (sulfide) groups is 1. The van der Waals surface area contributed by atoms with Gasteiger partial charge in [-0.2, -0.15) is 4.98 Å². The number of nitrogens with zero attached hydrogens (tertiary/aromatic N) is 5. The lowest BCUT2D eigenvalue weighted by Crippen LogP contribution is -1.92. The summed E-state index contributed by atoms with van der Waals surface area (Å²) in [6, 6.07) is 5.80. The summed E-state index contributed by atoms with van der Waals surface area (Å²) in [7, 11) is 0. The third-order valence-corrected chi connectivity index (χ3v) is 3.50. The van der Waals surface area contributed by atoms with E-state index in [0.717, 1.165) is 10.8 Å². The molecule has 3 aromatic heterocycles. The Morgan fingerprint density at radius 3 is 3.00 bits per heavy atom. The van der Waals surface area contributed by atoms with Crippen LogP contribution in [0.15, 0.2) is 34.1 Å². The number of aryl methyl sites for hydroxylation is 1. The molecule has 0 aromatic carbocycles. The van der Waals surface area contributed by atoms with Gasteiger partial charge in [0.2, 0.25) is 5.89 Å². The van der Waals surface area contributed by atoms with E-state index in [4.69, 9.17) is 4.52 Å². The van der Waals surface area contributed by atoms with E-state index in [-0.39, 0.29) is 5.25 Å². The monoisotopic (exact) mass is 261 g/mol. The maximum Gasteiger partial charge on any atom is 0.239 e. The molecule has 3 heterocycles. The van der Waals surface area contributed by atoms with Crippen LogP contribution in [0.25, 0.3) is 5.65 Å². The first-order valence-corrected chi connectivity index (χ1v) is 6.38. The lowest BCUT2D eigenvalue weighted by molar-refractivity contribution is 0.376. The molecule has 0 aliphatic rings. The van der Waals surface area contributed by atoms with Crippen LogP contribution in [0.3, 0.4) is 0 Å². The molecule has 1 unspecified atom stereocenters. The standard InChI is InChI=1S/C11H11N5OS/c1-7(10-12-8(2)15-17-10)18-11-14-13-9-5-3-4-6-16(9)11/h3-7H,1-2H3. The Hall–Kier alpha value is -1.89. The molecular weight excluding hydrogens is 250 g/mol. The maximum atomic E-state index is 5.15. The largest absolute Gasteiger partial charge is 0.338 e. The Balaban J connectivity index is 1.88. The summed E-state index contributed by atoms with van der Waals surface area (Å²) in [5, 5.41) is 12.9. The first-order valence-electron chi connectivity index (χ1n) is 5.50. The average Bonchev–Trinajstić information content (AvgIpc) is 2.97. The van der Waals surface area contributed by atoms with Gasteiger partial charge < -0.3 is 4.52 Å². The minimum absolute atomic E-state index is 0.0406. The molecule has 3 rings (SSSR count). The van der Waals surface area contributed by atoms with E-state index < -0.39 is 0 Å². The van der Waals surface area contributed by atoms with Crippen molar-refractivity contribution in [2.75, 3.05) is 0 Å². The van der Waals surface area contributed by atoms with Crippen molar-refractivity contribution >= 4 is 17.4 Å². The first-order chi connectivity index (χ1) is 8.74. The molecule has 3 aromatic rings. The summed E-state index contributed by atoms with van der Waals surface area (Å²) in [4.78, 5) is 4.22. The smallest absolute Gasteiger partial charge is 0.239 e. The Bertz CT molecular complexity index is 677. The molecular formula is C11H11N5OS. The summed E-state index contributed by atoms with van der Waals surface area (Å²) in [6.45, 7) is 3.80. The van der Waals surface area contributed by atoms with Gasteiger partial charge in [-0.05, 0) is 26.0 Å². The Morgan fingerprint density at radius 1 is 1.33 bits per heavy atom. The molecule has 18 heavy (non-hydrogen) atoms. The summed E-state index contributed by atoms with van der Waals surface area (Å²) in [5.74, 6) is 1.24. The first kappa shape index (κ1) is 11.2. The molecule has 0 fully saturated rings. The summed E-state index contributed by atoms with van der Waals surface area (Å²) < 4.78 is 7.08. The second kappa shape index (κ2) is 4.41. The van der Waals surface area contributed by atoms with E-state index >= 15 is 0 Å². The highest BCUT2D eigenvalue weighted by molar-refractivity contribution is 7.99. The number of aromatic nitrogens is 5. The highest BCUT2D eigenvalue weighted by Crippen LogP contribution is 2.32. The maximum absolute atomic E-state index is 5.15. The summed E-state index contributed by atoms with van der Waals surface area (Å²) in [5.41, 5.74) is 0.828. The minimum Gasteiger partial charge on any atom is -0.338 e. The molecule has 0 aliphatic heterocycles. The van der Waals surface area contributed by atoms with Gasteiger partial charge in [0, 0.05) is 6.20 Å². The van der Waals surface area contributed by atoms with Gasteiger partial charge in [-0.15, -0.1) is 10.2 Å². The van der Waals surface area contributed by atoms with Crippen molar-refractivity contribution in [3.63, 3.8) is 0 Å². The van der Waals surface area contributed by atoms with Gasteiger partial charge in [-0.3, -0.25) is 4.40 Å². The number of hydrogen-bond acceptors (Lipinski definition) is 6. The van der Waals surface area contributed by atoms with Crippen LogP contribution in [0.1, 0.15) is 23.9 Å². The van der Waals surface area contributed by atoms with Gasteiger partial charge in [-0.1, -0.05) is 23.0 Å². The Kier molecular flexibility index (Phi) is 2.75. The van der Waals surface area contributed by atoms with E-state index in [2.05, 4.69) is 20.3 Å². The van der Waals surface area contributed by atoms with Crippen molar-refractivity contribution in [3.8, 4) is 0 Å². The molecule has 7 heteroatoms. The molecule has 0 spiro atoms. The number of rotatable bonds is 3. The SMILES string of the molecule is Cc1noc(C(C)Sc2nnc3ccccn23)n1. The van der Waals surface area contributed by atoms with E-state index in [1.54, 1.807) is 6.92 Å². The van der Waals surface area contributed by atoms with Crippen molar-refractivity contribution < 1.29 is 4.52 Å². The van der Waals surface area contributed by atoms with Crippen molar-refractivity contribution in [3.05, 3.63) is 36.1 Å². The zero-order valence-corrected chi connectivity index (χ0v) is 10.8. The predicted octanol–water partition coefficient (Wildman–Crippen LogP) is 2.27. The number of fused-ring (bicyclic) bond motifs is 1. The van der Waals surface area contributed by atoms with Crippen molar-refractivity contribution in [2.45, 2.75) is 24.3 Å². The van der Waals surface area contributed by atoms with E-state index in [1.807, 2.05) is 35.7 Å². The predicted molar refractivity (Wildman–Crippen MR) is 66.3 cm³/mol. The number of pyridine rings is 1. The highest BCUT2D eigenvalue weighted by Gasteiger charge is 2.17. The van der Waals surface area contributed by atoms with Crippen LogP contribution in [0, 0.1) is 6.92 Å². The zero-order chi connectivity index (χ0) is 12.5. The van der Waals surface area contributed by atoms with Crippen LogP contribution in [0.4, 0.5) is 0 Å². The van der Waals surface area contributed by atoms with Gasteiger partial charge in [-0.25, -0.2) is 0 Å². The van der Waals surface area contributed by atoms with Gasteiger partial charge in [0.05, 0.1) is 5.25 Å². The molecule has 0 radical (unpaired) electrons. The molecule has 0 bridgehead atoms. The van der Waals surface area contributed by atoms with Crippen LogP contribution in [-0.2, 0) is 0 Å². The quantitative estimate of drug-likeness (QED) is 0.674. The lowest BCUT2D eigenvalue weighted by Gasteiger charge is -2.03. The molecule has 0 saturated heterocycles. The van der Waals surface area contributed by atoms with E-state index in [9.17, 15) is 0 Å². The summed E-state index contributed by atoms with van der Waals surface area (Å²) in [6.07, 6.45) is 1.93. The minimum atomic E-state index is 0.0406. The van der Waals surface area contributed by atoms with Crippen LogP contribution >= 0.6 is 11.8 Å². The fourth-order valence-electron chi connectivity index (χ4n) is 1.59. The van der Waals surface area contributed by atoms with Gasteiger partial charge >= 0.3 is 0 Å². The average molecular weight is 261 g/mol. The zero-order valence-electron chi connectivity index (χ0n) is 9.94. The number of hydrogen-bond donors (Lipinski definition) is 0. The topological polar surface area (TPSA) is 69.1 Å². The van der Waals surface area contributed by atoms with Crippen LogP contribution in [0.5, 0.6) is 0 Å². The summed E-state index contributed by atoms with van der Waals surface area (Å²) >= 11 is 1.54. The van der Waals surface area contributed by atoms with Crippen molar-refractivity contribution in [2.24, 2.45) is 0 Å². The van der Waals surface area contributed by atoms with Gasteiger partial charge in [0.15, 0.2) is 16.6 Å². The third-order valence-electron chi connectivity index (χ3n) is 2.46. The highest BCUT2D eigenvalue weighted by atomic mass is 32.2. The van der Waals surface area contributed by atoms with Crippen molar-refractivity contribution in [1.82, 2.24) is 24.7 Å². The van der Waals surface area contributed by atoms with Gasteiger partial charge in [0.1, 0.15) is 0 Å². The van der Waals surface area contributed by atoms with E-state index in [1.165, 1.54) is 11.8 Å². The molecule has 0 saturated carbocycles. The molecule has 1 atom stereocenters. The Labute approximate surface area is 107 Å². The molecule has 0 aliphatic carbocycles. The normalized spacial score (nSPS) is 13.0. The van der Waals surface area contributed by atoms with Crippen LogP contribution in [-0.4, -0.2) is 24.7 Å². The van der Waals surface area contributed by atoms with E-state index in [0.29, 0.717) is 11.7 Å². The molecule has 0 amide bonds.